The molecule has 0 radical (unpaired) electrons. The Kier molecular flexibility index (Phi) is 5.55. The minimum absolute atomic E-state index is 0.228. The van der Waals surface area contributed by atoms with Gasteiger partial charge < -0.3 is 9.50 Å². The lowest BCUT2D eigenvalue weighted by Gasteiger charge is -2.49. The smallest absolute Gasteiger partial charge is 0.0760 e. The Morgan fingerprint density at radius 3 is 2.48 bits per heavy atom. The van der Waals surface area contributed by atoms with Crippen LogP contribution in [0.15, 0.2) is 30.3 Å². The quantitative estimate of drug-likeness (QED) is 0.819. The molecule has 1 unspecified atom stereocenters. The molecule has 1 aromatic carbocycles. The lowest BCUT2D eigenvalue weighted by Crippen LogP contribution is -2.60. The fraction of sp³-hybridized carbons (Fsp3) is 0.714. The highest BCUT2D eigenvalue weighted by atomic mass is 32.3. The molecule has 25 heavy (non-hydrogen) atoms. The summed E-state index contributed by atoms with van der Waals surface area (Å²) in [6.07, 6.45) is 5.00. The van der Waals surface area contributed by atoms with Gasteiger partial charge in [0.15, 0.2) is 0 Å². The largest absolute Gasteiger partial charge is 0.335 e. The third-order valence-electron chi connectivity index (χ3n) is 6.27. The fourth-order valence-electron chi connectivity index (χ4n) is 3.83. The summed E-state index contributed by atoms with van der Waals surface area (Å²) in [5.41, 5.74) is 1.80. The summed E-state index contributed by atoms with van der Waals surface area (Å²) in [6.45, 7) is 13.3. The number of hydrogen-bond acceptors (Lipinski definition) is 3. The molecule has 2 aliphatic rings. The molecule has 1 heterocycles. The zero-order valence-electron chi connectivity index (χ0n) is 16.7. The maximum absolute atomic E-state index is 6.67. The van der Waals surface area contributed by atoms with E-state index in [2.05, 4.69) is 74.5 Å². The van der Waals surface area contributed by atoms with Crippen molar-refractivity contribution in [2.75, 3.05) is 31.7 Å². The van der Waals surface area contributed by atoms with Gasteiger partial charge in [-0.1, -0.05) is 58.0 Å². The standard InChI is InChI=1S/C21H36N2OS/c1-6-25(5,20(2,3)4)24-16-19-14-22-17-21(12-13-21)23(19)15-18-10-8-7-9-11-18/h7-11,19,22H,6,12-17H2,1-5H3/t19-/m1/s1. The molecule has 0 aromatic heterocycles. The Balaban J connectivity index is 1.72. The molecule has 3 rings (SSSR count). The van der Waals surface area contributed by atoms with Gasteiger partial charge in [-0.2, -0.15) is 0 Å². The van der Waals surface area contributed by atoms with Crippen LogP contribution in [0.5, 0.6) is 0 Å². The van der Waals surface area contributed by atoms with E-state index in [1.807, 2.05) is 0 Å². The Labute approximate surface area is 156 Å². The monoisotopic (exact) mass is 364 g/mol. The lowest BCUT2D eigenvalue weighted by molar-refractivity contribution is 0.0454. The molecule has 1 N–H and O–H groups in total. The van der Waals surface area contributed by atoms with E-state index in [1.165, 1.54) is 18.4 Å². The Morgan fingerprint density at radius 2 is 1.92 bits per heavy atom. The van der Waals surface area contributed by atoms with Crippen LogP contribution in [0, 0.1) is 0 Å². The van der Waals surface area contributed by atoms with E-state index in [9.17, 15) is 0 Å². The second-order valence-electron chi connectivity index (χ2n) is 8.81. The second kappa shape index (κ2) is 7.22. The summed E-state index contributed by atoms with van der Waals surface area (Å²) in [5.74, 6) is 1.13. The van der Waals surface area contributed by atoms with E-state index >= 15 is 0 Å². The molecule has 0 bridgehead atoms. The normalized spacial score (nSPS) is 27.0. The molecular weight excluding hydrogens is 328 g/mol. The van der Waals surface area contributed by atoms with E-state index in [1.54, 1.807) is 0 Å². The first kappa shape index (κ1) is 19.2. The van der Waals surface area contributed by atoms with Crippen molar-refractivity contribution in [1.29, 1.82) is 0 Å². The number of nitrogens with zero attached hydrogens (tertiary/aromatic N) is 1. The van der Waals surface area contributed by atoms with E-state index in [0.29, 0.717) is 11.6 Å². The van der Waals surface area contributed by atoms with Crippen molar-refractivity contribution in [2.24, 2.45) is 0 Å². The minimum Gasteiger partial charge on any atom is -0.335 e. The van der Waals surface area contributed by atoms with Crippen molar-refractivity contribution in [3.05, 3.63) is 35.9 Å². The summed E-state index contributed by atoms with van der Waals surface area (Å²) < 4.78 is 6.90. The Bertz CT molecular complexity index is 567. The van der Waals surface area contributed by atoms with Gasteiger partial charge in [-0.05, 0) is 30.4 Å². The Morgan fingerprint density at radius 1 is 1.24 bits per heavy atom. The molecule has 1 aromatic rings. The number of nitrogens with one attached hydrogen (secondary N) is 1. The van der Waals surface area contributed by atoms with Crippen LogP contribution in [-0.2, 0) is 10.7 Å². The summed E-state index contributed by atoms with van der Waals surface area (Å²) in [4.78, 5) is 2.75. The second-order valence-corrected chi connectivity index (χ2v) is 12.9. The molecule has 2 atom stereocenters. The van der Waals surface area contributed by atoms with Crippen LogP contribution in [0.2, 0.25) is 0 Å². The van der Waals surface area contributed by atoms with Crippen LogP contribution < -0.4 is 5.32 Å². The predicted octanol–water partition coefficient (Wildman–Crippen LogP) is 4.18. The predicted molar refractivity (Wildman–Crippen MR) is 110 cm³/mol. The van der Waals surface area contributed by atoms with Crippen LogP contribution in [0.4, 0.5) is 0 Å². The van der Waals surface area contributed by atoms with Crippen molar-refractivity contribution in [2.45, 2.75) is 63.4 Å². The number of piperazine rings is 1. The highest BCUT2D eigenvalue weighted by Gasteiger charge is 2.52. The van der Waals surface area contributed by atoms with Crippen LogP contribution >= 0.6 is 10.3 Å². The fourth-order valence-corrected chi connectivity index (χ4v) is 5.67. The SMILES string of the molecule is CCS(C)(OC[C@H]1CNCC2(CC2)N1Cc1ccccc1)C(C)(C)C. The van der Waals surface area contributed by atoms with Gasteiger partial charge in [0.05, 0.1) is 6.61 Å². The summed E-state index contributed by atoms with van der Waals surface area (Å²) in [7, 11) is -1.06. The molecular formula is C21H36N2OS. The molecule has 3 nitrogen and oxygen atoms in total. The summed E-state index contributed by atoms with van der Waals surface area (Å²) in [5, 5.41) is 3.68. The van der Waals surface area contributed by atoms with Gasteiger partial charge in [-0.15, -0.1) is 10.3 Å². The lowest BCUT2D eigenvalue weighted by atomic mass is 10.0. The molecule has 1 aliphatic carbocycles. The van der Waals surface area contributed by atoms with Gasteiger partial charge in [0.1, 0.15) is 0 Å². The van der Waals surface area contributed by atoms with Crippen molar-refractivity contribution in [1.82, 2.24) is 10.2 Å². The number of hydrogen-bond donors (Lipinski definition) is 1. The number of rotatable bonds is 6. The molecule has 1 saturated carbocycles. The van der Waals surface area contributed by atoms with Crippen molar-refractivity contribution in [3.8, 4) is 0 Å². The van der Waals surface area contributed by atoms with Crippen LogP contribution in [0.25, 0.3) is 0 Å². The molecule has 1 spiro atoms. The van der Waals surface area contributed by atoms with E-state index in [0.717, 1.165) is 32.0 Å². The van der Waals surface area contributed by atoms with Crippen LogP contribution in [-0.4, -0.2) is 52.9 Å². The van der Waals surface area contributed by atoms with Gasteiger partial charge >= 0.3 is 0 Å². The average molecular weight is 365 g/mol. The van der Waals surface area contributed by atoms with E-state index < -0.39 is 10.3 Å². The van der Waals surface area contributed by atoms with Gasteiger partial charge in [0.25, 0.3) is 0 Å². The molecule has 4 heteroatoms. The zero-order valence-corrected chi connectivity index (χ0v) is 17.5. The molecule has 2 fully saturated rings. The van der Waals surface area contributed by atoms with Crippen LogP contribution in [0.3, 0.4) is 0 Å². The third kappa shape index (κ3) is 4.08. The van der Waals surface area contributed by atoms with Crippen molar-refractivity contribution in [3.63, 3.8) is 0 Å². The van der Waals surface area contributed by atoms with Crippen molar-refractivity contribution >= 4 is 10.3 Å². The highest BCUT2D eigenvalue weighted by molar-refractivity contribution is 8.30. The van der Waals surface area contributed by atoms with Gasteiger partial charge in [0, 0.05) is 36.0 Å². The first-order chi connectivity index (χ1) is 11.8. The van der Waals surface area contributed by atoms with E-state index in [4.69, 9.17) is 4.18 Å². The first-order valence-electron chi connectivity index (χ1n) is 9.71. The maximum atomic E-state index is 6.67. The summed E-state index contributed by atoms with van der Waals surface area (Å²) >= 11 is 0. The molecule has 0 amide bonds. The Hall–Kier alpha value is -0.550. The maximum Gasteiger partial charge on any atom is 0.0760 e. The molecule has 142 valence electrons. The summed E-state index contributed by atoms with van der Waals surface area (Å²) in [6, 6.07) is 11.4. The van der Waals surface area contributed by atoms with Crippen LogP contribution in [0.1, 0.15) is 46.1 Å². The third-order valence-corrected chi connectivity index (χ3v) is 10.6. The van der Waals surface area contributed by atoms with Gasteiger partial charge in [0.2, 0.25) is 0 Å². The highest BCUT2D eigenvalue weighted by Crippen LogP contribution is 2.57. The topological polar surface area (TPSA) is 24.5 Å². The molecule has 1 aliphatic heterocycles. The van der Waals surface area contributed by atoms with Gasteiger partial charge in [-0.25, -0.2) is 0 Å². The van der Waals surface area contributed by atoms with Crippen molar-refractivity contribution < 1.29 is 4.18 Å². The minimum atomic E-state index is -1.06. The first-order valence-corrected chi connectivity index (χ1v) is 11.8. The molecule has 1 saturated heterocycles. The zero-order chi connectivity index (χ0) is 18.1. The number of benzene rings is 1. The average Bonchev–Trinajstić information content (AvgIpc) is 3.35. The van der Waals surface area contributed by atoms with Gasteiger partial charge in [-0.3, -0.25) is 4.90 Å². The van der Waals surface area contributed by atoms with E-state index in [-0.39, 0.29) is 4.75 Å².